The molecule has 0 saturated carbocycles. The molecule has 0 unspecified atom stereocenters. The van der Waals surface area contributed by atoms with Crippen molar-refractivity contribution in [1.82, 2.24) is 24.1 Å². The second-order valence-corrected chi connectivity index (χ2v) is 25.5. The molecule has 9 aromatic carbocycles. The van der Waals surface area contributed by atoms with Gasteiger partial charge in [-0.25, -0.2) is 15.0 Å². The molecule has 0 spiro atoms. The number of rotatable bonds is 7. The van der Waals surface area contributed by atoms with Gasteiger partial charge in [0.2, 0.25) is 0 Å². The van der Waals surface area contributed by atoms with Gasteiger partial charge in [0.05, 0.1) is 33.4 Å². The fourth-order valence-corrected chi connectivity index (χ4v) is 11.2. The third kappa shape index (κ3) is 9.09. The summed E-state index contributed by atoms with van der Waals surface area (Å²) < 4.78 is 4.90. The van der Waals surface area contributed by atoms with Crippen LogP contribution in [0.2, 0.25) is 0 Å². The molecule has 12 rings (SSSR count). The predicted octanol–water partition coefficient (Wildman–Crippen LogP) is 19.6. The maximum absolute atomic E-state index is 5.57. The van der Waals surface area contributed by atoms with Crippen molar-refractivity contribution in [3.63, 3.8) is 0 Å². The number of benzene rings is 9. The molecular weight excluding hydrogens is 947 g/mol. The maximum Gasteiger partial charge on any atom is 0.164 e. The van der Waals surface area contributed by atoms with Gasteiger partial charge in [-0.15, -0.1) is 0 Å². The molecule has 0 amide bonds. The highest BCUT2D eigenvalue weighted by molar-refractivity contribution is 6.12. The molecule has 0 saturated heterocycles. The van der Waals surface area contributed by atoms with Crippen LogP contribution in [0, 0.1) is 0 Å². The molecule has 78 heavy (non-hydrogen) atoms. The van der Waals surface area contributed by atoms with Crippen LogP contribution >= 0.6 is 0 Å². The van der Waals surface area contributed by atoms with E-state index in [4.69, 9.17) is 15.0 Å². The highest BCUT2D eigenvalue weighted by Crippen LogP contribution is 2.44. The van der Waals surface area contributed by atoms with E-state index in [1.807, 2.05) is 0 Å². The molecule has 3 heterocycles. The maximum atomic E-state index is 5.57. The lowest BCUT2D eigenvalue weighted by atomic mass is 9.79. The van der Waals surface area contributed by atoms with Crippen molar-refractivity contribution in [1.29, 1.82) is 0 Å². The molecule has 0 bridgehead atoms. The van der Waals surface area contributed by atoms with Crippen molar-refractivity contribution in [3.05, 3.63) is 222 Å². The molecular formula is C73H69N5. The summed E-state index contributed by atoms with van der Waals surface area (Å²) in [6, 6.07) is 73.6. The Hall–Kier alpha value is -8.41. The van der Waals surface area contributed by atoms with E-state index in [0.717, 1.165) is 61.3 Å². The SMILES string of the molecule is CC(C)(C)c1cc(-c2nc(-c3cc(C(C)(C)C)cc(C(C)(C)C)c3)nc(-c3ccc(-n4c5ccccc5c5ccccc54)c(-c4ccccc4-n4c5ccccc5c5cc(-c6ccccc6)ccc54)c3)n2)cc(C(C)(C)C)c1. The molecule has 0 fully saturated rings. The number of hydrogen-bond donors (Lipinski definition) is 0. The Morgan fingerprint density at radius 3 is 1.10 bits per heavy atom. The third-order valence-corrected chi connectivity index (χ3v) is 15.8. The molecule has 5 heteroatoms. The predicted molar refractivity (Wildman–Crippen MR) is 330 cm³/mol. The van der Waals surface area contributed by atoms with E-state index in [9.17, 15) is 0 Å². The second-order valence-electron chi connectivity index (χ2n) is 25.5. The van der Waals surface area contributed by atoms with Crippen LogP contribution < -0.4 is 0 Å². The Morgan fingerprint density at radius 1 is 0.256 bits per heavy atom. The summed E-state index contributed by atoms with van der Waals surface area (Å²) in [5, 5.41) is 4.83. The molecule has 3 aromatic heterocycles. The molecule has 12 aromatic rings. The standard InChI is InChI=1S/C73H69N5/c1-70(2,3)51-38-49(39-52(44-51)71(4,5)6)68-74-67(75-69(76-68)50-40-53(72(7,8)9)45-54(41-50)73(10,11)12)48-35-37-66(77-61-30-20-16-26-55(61)56-27-17-21-31-62(56)77)60(43-48)58-29-19-23-33-64(58)78-63-32-22-18-28-57(63)59-42-47(34-36-65(59)78)46-24-14-13-15-25-46/h13-45H,1-12H3. The molecule has 0 aliphatic heterocycles. The minimum absolute atomic E-state index is 0.108. The van der Waals surface area contributed by atoms with Crippen molar-refractivity contribution < 1.29 is 0 Å². The van der Waals surface area contributed by atoms with E-state index in [-0.39, 0.29) is 21.7 Å². The number of fused-ring (bicyclic) bond motifs is 6. The average Bonchev–Trinajstić information content (AvgIpc) is 4.16. The average molecular weight is 1020 g/mol. The van der Waals surface area contributed by atoms with Crippen LogP contribution in [0.5, 0.6) is 0 Å². The van der Waals surface area contributed by atoms with E-state index < -0.39 is 0 Å². The van der Waals surface area contributed by atoms with Gasteiger partial charge in [0.15, 0.2) is 17.5 Å². The van der Waals surface area contributed by atoms with Crippen molar-refractivity contribution in [2.24, 2.45) is 0 Å². The van der Waals surface area contributed by atoms with E-state index in [0.29, 0.717) is 17.5 Å². The Bertz CT molecular complexity index is 4080. The van der Waals surface area contributed by atoms with Crippen LogP contribution in [0.15, 0.2) is 200 Å². The van der Waals surface area contributed by atoms with Gasteiger partial charge in [-0.2, -0.15) is 0 Å². The van der Waals surface area contributed by atoms with Gasteiger partial charge in [-0.3, -0.25) is 0 Å². The van der Waals surface area contributed by atoms with Crippen LogP contribution in [0.3, 0.4) is 0 Å². The molecule has 0 atom stereocenters. The van der Waals surface area contributed by atoms with Crippen LogP contribution in [0.1, 0.15) is 105 Å². The Labute approximate surface area is 460 Å². The summed E-state index contributed by atoms with van der Waals surface area (Å²) in [5.74, 6) is 1.92. The van der Waals surface area contributed by atoms with Gasteiger partial charge in [0.25, 0.3) is 0 Å². The lowest BCUT2D eigenvalue weighted by Gasteiger charge is -2.26. The quantitative estimate of drug-likeness (QED) is 0.160. The van der Waals surface area contributed by atoms with Gasteiger partial charge in [0.1, 0.15) is 0 Å². The van der Waals surface area contributed by atoms with Gasteiger partial charge < -0.3 is 9.13 Å². The topological polar surface area (TPSA) is 48.5 Å². The van der Waals surface area contributed by atoms with Crippen LogP contribution in [0.4, 0.5) is 0 Å². The van der Waals surface area contributed by atoms with Crippen LogP contribution in [-0.4, -0.2) is 24.1 Å². The number of nitrogens with zero attached hydrogens (tertiary/aromatic N) is 5. The monoisotopic (exact) mass is 1020 g/mol. The van der Waals surface area contributed by atoms with Gasteiger partial charge >= 0.3 is 0 Å². The summed E-state index contributed by atoms with van der Waals surface area (Å²) in [7, 11) is 0. The Balaban J connectivity index is 1.16. The van der Waals surface area contributed by atoms with Gasteiger partial charge in [-0.1, -0.05) is 204 Å². The zero-order valence-corrected chi connectivity index (χ0v) is 47.3. The third-order valence-electron chi connectivity index (χ3n) is 15.8. The number of aromatic nitrogens is 5. The molecule has 386 valence electrons. The van der Waals surface area contributed by atoms with E-state index in [2.05, 4.69) is 292 Å². The fourth-order valence-electron chi connectivity index (χ4n) is 11.2. The highest BCUT2D eigenvalue weighted by atomic mass is 15.0. The summed E-state index contributed by atoms with van der Waals surface area (Å²) >= 11 is 0. The minimum atomic E-state index is -0.108. The van der Waals surface area contributed by atoms with Gasteiger partial charge in [0, 0.05) is 49.4 Å². The first-order chi connectivity index (χ1) is 37.2. The van der Waals surface area contributed by atoms with Crippen molar-refractivity contribution in [2.45, 2.75) is 105 Å². The van der Waals surface area contributed by atoms with Crippen molar-refractivity contribution in [2.75, 3.05) is 0 Å². The summed E-state index contributed by atoms with van der Waals surface area (Å²) in [4.78, 5) is 16.6. The van der Waals surface area contributed by atoms with E-state index >= 15 is 0 Å². The van der Waals surface area contributed by atoms with E-state index in [1.54, 1.807) is 0 Å². The number of para-hydroxylation sites is 4. The fraction of sp³-hybridized carbons (Fsp3) is 0.219. The summed E-state index contributed by atoms with van der Waals surface area (Å²) in [5.41, 5.74) is 18.6. The summed E-state index contributed by atoms with van der Waals surface area (Å²) in [6.07, 6.45) is 0. The summed E-state index contributed by atoms with van der Waals surface area (Å²) in [6.45, 7) is 27.4. The lowest BCUT2D eigenvalue weighted by molar-refractivity contribution is 0.568. The molecule has 0 radical (unpaired) electrons. The smallest absolute Gasteiger partial charge is 0.164 e. The first kappa shape index (κ1) is 50.4. The van der Waals surface area contributed by atoms with Crippen LogP contribution in [-0.2, 0) is 21.7 Å². The zero-order valence-electron chi connectivity index (χ0n) is 47.3. The Morgan fingerprint density at radius 2 is 0.628 bits per heavy atom. The van der Waals surface area contributed by atoms with Crippen LogP contribution in [0.25, 0.3) is 111 Å². The largest absolute Gasteiger partial charge is 0.309 e. The van der Waals surface area contributed by atoms with Crippen molar-refractivity contribution >= 4 is 43.6 Å². The first-order valence-corrected chi connectivity index (χ1v) is 27.6. The molecule has 5 nitrogen and oxygen atoms in total. The van der Waals surface area contributed by atoms with E-state index in [1.165, 1.54) is 54.9 Å². The normalized spacial score (nSPS) is 12.6. The zero-order chi connectivity index (χ0) is 54.5. The second kappa shape index (κ2) is 18.7. The van der Waals surface area contributed by atoms with Crippen molar-refractivity contribution in [3.8, 4) is 67.8 Å². The number of hydrogen-bond acceptors (Lipinski definition) is 3. The molecule has 0 aliphatic carbocycles. The highest BCUT2D eigenvalue weighted by Gasteiger charge is 2.27. The minimum Gasteiger partial charge on any atom is -0.309 e. The lowest BCUT2D eigenvalue weighted by Crippen LogP contribution is -2.17. The molecule has 0 N–H and O–H groups in total. The molecule has 0 aliphatic rings. The first-order valence-electron chi connectivity index (χ1n) is 27.6. The Kier molecular flexibility index (Phi) is 12.1. The van der Waals surface area contributed by atoms with Gasteiger partial charge in [-0.05, 0) is 134 Å².